The molecule has 0 aliphatic carbocycles. The summed E-state index contributed by atoms with van der Waals surface area (Å²) < 4.78 is 10.5. The van der Waals surface area contributed by atoms with Gasteiger partial charge in [0.05, 0.1) is 13.0 Å². The lowest BCUT2D eigenvalue weighted by molar-refractivity contribution is -0.140. The average Bonchev–Trinajstić information content (AvgIpc) is 2.59. The molecule has 3 nitrogen and oxygen atoms in total. The van der Waals surface area contributed by atoms with Crippen molar-refractivity contribution < 1.29 is 14.3 Å². The van der Waals surface area contributed by atoms with Crippen LogP contribution in [0.1, 0.15) is 23.1 Å². The van der Waals surface area contributed by atoms with E-state index in [0.29, 0.717) is 25.3 Å². The minimum Gasteiger partial charge on any atom is -0.492 e. The van der Waals surface area contributed by atoms with Crippen molar-refractivity contribution >= 4 is 17.6 Å². The van der Waals surface area contributed by atoms with Crippen molar-refractivity contribution in [2.45, 2.75) is 19.3 Å². The molecule has 0 aliphatic heterocycles. The molecule has 2 aromatic carbocycles. The molecule has 0 aromatic heterocycles. The van der Waals surface area contributed by atoms with E-state index in [1.807, 2.05) is 30.3 Å². The van der Waals surface area contributed by atoms with Crippen LogP contribution in [0.25, 0.3) is 0 Å². The summed E-state index contributed by atoms with van der Waals surface area (Å²) in [7, 11) is 1.41. The number of benzene rings is 2. The molecule has 0 unspecified atom stereocenters. The van der Waals surface area contributed by atoms with Crippen molar-refractivity contribution in [3.05, 3.63) is 65.2 Å². The summed E-state index contributed by atoms with van der Waals surface area (Å²) >= 11 is 5.72. The number of ether oxygens (including phenoxy) is 2. The Morgan fingerprint density at radius 3 is 2.57 bits per heavy atom. The maximum absolute atomic E-state index is 11.5. The van der Waals surface area contributed by atoms with Gasteiger partial charge in [0.25, 0.3) is 0 Å². The van der Waals surface area contributed by atoms with Crippen LogP contribution in [-0.2, 0) is 22.4 Å². The first-order valence-corrected chi connectivity index (χ1v) is 8.18. The molecule has 122 valence electrons. The second-order valence-corrected chi connectivity index (χ2v) is 5.55. The van der Waals surface area contributed by atoms with Crippen LogP contribution in [-0.4, -0.2) is 25.6 Å². The topological polar surface area (TPSA) is 35.5 Å². The van der Waals surface area contributed by atoms with Gasteiger partial charge in [-0.2, -0.15) is 0 Å². The van der Waals surface area contributed by atoms with E-state index < -0.39 is 0 Å². The van der Waals surface area contributed by atoms with Crippen molar-refractivity contribution in [2.75, 3.05) is 19.6 Å². The van der Waals surface area contributed by atoms with Crippen LogP contribution in [0.2, 0.25) is 0 Å². The molecule has 0 atom stereocenters. The standard InChI is InChI=1S/C19H21ClO3/c1-22-19(21)11-10-17-16(14-15-6-3-2-4-7-15)8-5-9-18(17)23-13-12-20/h2-9H,10-14H2,1H3. The van der Waals surface area contributed by atoms with Gasteiger partial charge in [0.15, 0.2) is 0 Å². The van der Waals surface area contributed by atoms with E-state index in [1.165, 1.54) is 12.7 Å². The van der Waals surface area contributed by atoms with Gasteiger partial charge in [-0.05, 0) is 35.6 Å². The van der Waals surface area contributed by atoms with Gasteiger partial charge in [0.1, 0.15) is 12.4 Å². The van der Waals surface area contributed by atoms with Crippen LogP contribution in [0, 0.1) is 0 Å². The third-order valence-electron chi connectivity index (χ3n) is 3.61. The van der Waals surface area contributed by atoms with E-state index in [0.717, 1.165) is 23.3 Å². The van der Waals surface area contributed by atoms with Gasteiger partial charge in [-0.25, -0.2) is 0 Å². The summed E-state index contributed by atoms with van der Waals surface area (Å²) in [6.45, 7) is 0.446. The van der Waals surface area contributed by atoms with Crippen LogP contribution in [0.5, 0.6) is 5.75 Å². The Labute approximate surface area is 142 Å². The molecule has 0 spiro atoms. The van der Waals surface area contributed by atoms with E-state index >= 15 is 0 Å². The van der Waals surface area contributed by atoms with Gasteiger partial charge in [0, 0.05) is 6.42 Å². The van der Waals surface area contributed by atoms with Crippen molar-refractivity contribution in [3.8, 4) is 5.75 Å². The predicted molar refractivity (Wildman–Crippen MR) is 92.2 cm³/mol. The highest BCUT2D eigenvalue weighted by Crippen LogP contribution is 2.26. The molecule has 0 amide bonds. The number of methoxy groups -OCH3 is 1. The predicted octanol–water partition coefficient (Wildman–Crippen LogP) is 4.00. The number of hydrogen-bond donors (Lipinski definition) is 0. The number of rotatable bonds is 8. The molecule has 0 bridgehead atoms. The molecule has 0 aliphatic rings. The number of halogens is 1. The molecule has 0 fully saturated rings. The van der Waals surface area contributed by atoms with E-state index in [1.54, 1.807) is 0 Å². The third kappa shape index (κ3) is 5.29. The Balaban J connectivity index is 2.25. The van der Waals surface area contributed by atoms with E-state index in [-0.39, 0.29) is 5.97 Å². The fraction of sp³-hybridized carbons (Fsp3) is 0.316. The third-order valence-corrected chi connectivity index (χ3v) is 3.76. The van der Waals surface area contributed by atoms with Gasteiger partial charge in [-0.15, -0.1) is 11.6 Å². The van der Waals surface area contributed by atoms with Gasteiger partial charge < -0.3 is 9.47 Å². The molecular weight excluding hydrogens is 312 g/mol. The van der Waals surface area contributed by atoms with Crippen LogP contribution >= 0.6 is 11.6 Å². The summed E-state index contributed by atoms with van der Waals surface area (Å²) in [5.74, 6) is 1.00. The van der Waals surface area contributed by atoms with Gasteiger partial charge in [-0.3, -0.25) is 4.79 Å². The zero-order chi connectivity index (χ0) is 16.5. The smallest absolute Gasteiger partial charge is 0.305 e. The monoisotopic (exact) mass is 332 g/mol. The second-order valence-electron chi connectivity index (χ2n) is 5.17. The molecule has 2 rings (SSSR count). The van der Waals surface area contributed by atoms with Gasteiger partial charge in [-0.1, -0.05) is 42.5 Å². The summed E-state index contributed by atoms with van der Waals surface area (Å²) in [5.41, 5.74) is 3.43. The number of alkyl halides is 1. The second kappa shape index (κ2) is 9.21. The highest BCUT2D eigenvalue weighted by Gasteiger charge is 2.12. The summed E-state index contributed by atoms with van der Waals surface area (Å²) in [4.78, 5) is 11.5. The number of esters is 1. The minimum atomic E-state index is -0.220. The largest absolute Gasteiger partial charge is 0.492 e. The molecule has 23 heavy (non-hydrogen) atoms. The average molecular weight is 333 g/mol. The number of hydrogen-bond acceptors (Lipinski definition) is 3. The lowest BCUT2D eigenvalue weighted by atomic mass is 9.96. The molecule has 0 radical (unpaired) electrons. The first-order valence-electron chi connectivity index (χ1n) is 7.65. The molecule has 0 saturated carbocycles. The van der Waals surface area contributed by atoms with E-state index in [2.05, 4.69) is 18.2 Å². The Bertz CT molecular complexity index is 626. The molecular formula is C19H21ClO3. The Morgan fingerprint density at radius 1 is 1.09 bits per heavy atom. The maximum atomic E-state index is 11.5. The molecule has 0 saturated heterocycles. The quantitative estimate of drug-likeness (QED) is 0.541. The Morgan fingerprint density at radius 2 is 1.87 bits per heavy atom. The van der Waals surface area contributed by atoms with Crippen LogP contribution in [0.15, 0.2) is 48.5 Å². The normalized spacial score (nSPS) is 10.3. The number of carbonyl (C=O) groups is 1. The first kappa shape index (κ1) is 17.4. The van der Waals surface area contributed by atoms with Gasteiger partial charge >= 0.3 is 5.97 Å². The van der Waals surface area contributed by atoms with Crippen LogP contribution in [0.4, 0.5) is 0 Å². The summed E-state index contributed by atoms with van der Waals surface area (Å²) in [6, 6.07) is 16.2. The Kier molecular flexibility index (Phi) is 6.95. The first-order chi connectivity index (χ1) is 11.2. The maximum Gasteiger partial charge on any atom is 0.305 e. The highest BCUT2D eigenvalue weighted by atomic mass is 35.5. The molecule has 4 heteroatoms. The van der Waals surface area contributed by atoms with Crippen molar-refractivity contribution in [1.29, 1.82) is 0 Å². The minimum absolute atomic E-state index is 0.220. The lowest BCUT2D eigenvalue weighted by Crippen LogP contribution is -2.08. The van der Waals surface area contributed by atoms with Crippen LogP contribution in [0.3, 0.4) is 0 Å². The van der Waals surface area contributed by atoms with E-state index in [9.17, 15) is 4.79 Å². The fourth-order valence-electron chi connectivity index (χ4n) is 2.49. The van der Waals surface area contributed by atoms with Crippen LogP contribution < -0.4 is 4.74 Å². The molecule has 0 N–H and O–H groups in total. The molecule has 2 aromatic rings. The van der Waals surface area contributed by atoms with Gasteiger partial charge in [0.2, 0.25) is 0 Å². The van der Waals surface area contributed by atoms with Crippen molar-refractivity contribution in [3.63, 3.8) is 0 Å². The SMILES string of the molecule is COC(=O)CCc1c(Cc2ccccc2)cccc1OCCCl. The zero-order valence-electron chi connectivity index (χ0n) is 13.3. The zero-order valence-corrected chi connectivity index (χ0v) is 14.0. The summed E-state index contributed by atoms with van der Waals surface area (Å²) in [6.07, 6.45) is 1.72. The number of carbonyl (C=O) groups excluding carboxylic acids is 1. The summed E-state index contributed by atoms with van der Waals surface area (Å²) in [5, 5.41) is 0. The van der Waals surface area contributed by atoms with Crippen molar-refractivity contribution in [2.24, 2.45) is 0 Å². The lowest BCUT2D eigenvalue weighted by Gasteiger charge is -2.15. The van der Waals surface area contributed by atoms with E-state index in [4.69, 9.17) is 21.1 Å². The Hall–Kier alpha value is -2.00. The fourth-order valence-corrected chi connectivity index (χ4v) is 2.57. The molecule has 0 heterocycles. The van der Waals surface area contributed by atoms with Crippen molar-refractivity contribution in [1.82, 2.24) is 0 Å². The highest BCUT2D eigenvalue weighted by molar-refractivity contribution is 6.18.